The summed E-state index contributed by atoms with van der Waals surface area (Å²) in [5.74, 6) is -1.01. The maximum Gasteiger partial charge on any atom is 0.385 e. The molecule has 0 radical (unpaired) electrons. The monoisotopic (exact) mass is 508 g/mol. The highest BCUT2D eigenvalue weighted by molar-refractivity contribution is 8.15. The molecule has 3 rings (SSSR count). The van der Waals surface area contributed by atoms with Crippen LogP contribution in [0.3, 0.4) is 0 Å². The Morgan fingerprint density at radius 1 is 0.657 bits per heavy atom. The predicted octanol–water partition coefficient (Wildman–Crippen LogP) is 3.93. The van der Waals surface area contributed by atoms with Crippen LogP contribution in [0.2, 0.25) is 0 Å². The normalized spacial score (nSPS) is 10.9. The minimum absolute atomic E-state index is 0.135. The average molecular weight is 509 g/mol. The van der Waals surface area contributed by atoms with Crippen LogP contribution in [0.15, 0.2) is 91.0 Å². The van der Waals surface area contributed by atoms with E-state index in [1.807, 2.05) is 91.0 Å². The Labute approximate surface area is 210 Å². The van der Waals surface area contributed by atoms with Gasteiger partial charge in [0.2, 0.25) is 0 Å². The van der Waals surface area contributed by atoms with Gasteiger partial charge in [-0.25, -0.2) is 9.59 Å². The second kappa shape index (κ2) is 13.1. The van der Waals surface area contributed by atoms with Crippen molar-refractivity contribution in [2.45, 2.75) is 20.3 Å². The van der Waals surface area contributed by atoms with Crippen molar-refractivity contribution in [3.8, 4) is 0 Å². The number of carbonyl (C=O) groups is 3. The Morgan fingerprint density at radius 2 is 1.06 bits per heavy atom. The molecule has 3 aromatic rings. The molecule has 35 heavy (non-hydrogen) atoms. The summed E-state index contributed by atoms with van der Waals surface area (Å²) in [6, 6.07) is 29.9. The van der Waals surface area contributed by atoms with Gasteiger partial charge in [-0.1, -0.05) is 103 Å². The molecule has 0 unspecified atom stereocenters. The van der Waals surface area contributed by atoms with Crippen LogP contribution < -0.4 is 15.9 Å². The molecular formula is C28H29O5PS. The van der Waals surface area contributed by atoms with Gasteiger partial charge in [0.1, 0.15) is 0 Å². The highest BCUT2D eigenvalue weighted by Crippen LogP contribution is 2.47. The van der Waals surface area contributed by atoms with E-state index in [1.165, 1.54) is 0 Å². The number of ether oxygens (including phenoxy) is 2. The maximum absolute atomic E-state index is 13.6. The van der Waals surface area contributed by atoms with Gasteiger partial charge in [-0.05, 0) is 43.1 Å². The first-order valence-electron chi connectivity index (χ1n) is 11.5. The molecule has 5 nitrogen and oxygen atoms in total. The van der Waals surface area contributed by atoms with Crippen molar-refractivity contribution in [1.82, 2.24) is 0 Å². The molecule has 0 atom stereocenters. The van der Waals surface area contributed by atoms with Gasteiger partial charge in [-0.15, -0.1) is 0 Å². The Hall–Kier alpha value is -3.08. The van der Waals surface area contributed by atoms with Crippen LogP contribution in [0, 0.1) is 0 Å². The van der Waals surface area contributed by atoms with Gasteiger partial charge < -0.3 is 9.47 Å². The number of hydrogen-bond donors (Lipinski definition) is 0. The largest absolute Gasteiger partial charge is 0.463 e. The summed E-state index contributed by atoms with van der Waals surface area (Å²) in [4.78, 5) is 37.7. The Kier molecular flexibility index (Phi) is 9.95. The molecule has 182 valence electrons. The van der Waals surface area contributed by atoms with E-state index in [9.17, 15) is 14.4 Å². The van der Waals surface area contributed by atoms with Gasteiger partial charge in [0, 0.05) is 11.0 Å². The number of thioether (sulfide) groups is 1. The Morgan fingerprint density at radius 3 is 1.46 bits per heavy atom. The van der Waals surface area contributed by atoms with Crippen LogP contribution in [-0.2, 0) is 23.9 Å². The highest BCUT2D eigenvalue weighted by Gasteiger charge is 2.33. The fraction of sp³-hybridized carbons (Fsp3) is 0.214. The molecule has 3 aromatic carbocycles. The third-order valence-corrected chi connectivity index (χ3v) is 10.6. The average Bonchev–Trinajstić information content (AvgIpc) is 2.90. The summed E-state index contributed by atoms with van der Waals surface area (Å²) >= 11 is 0.866. The van der Waals surface area contributed by atoms with E-state index in [4.69, 9.17) is 9.47 Å². The van der Waals surface area contributed by atoms with Crippen molar-refractivity contribution in [2.24, 2.45) is 0 Å². The number of esters is 2. The summed E-state index contributed by atoms with van der Waals surface area (Å²) < 4.78 is 10.4. The summed E-state index contributed by atoms with van der Waals surface area (Å²) in [6.45, 7) is 1.16. The van der Waals surface area contributed by atoms with E-state index in [0.717, 1.165) is 27.7 Å². The molecule has 0 aliphatic rings. The summed E-state index contributed by atoms with van der Waals surface area (Å²) in [5, 5.41) is 2.98. The minimum atomic E-state index is -2.64. The van der Waals surface area contributed by atoms with E-state index >= 15 is 0 Å². The van der Waals surface area contributed by atoms with Crippen LogP contribution in [0.5, 0.6) is 0 Å². The highest BCUT2D eigenvalue weighted by atomic mass is 32.2. The molecule has 0 saturated carbocycles. The van der Waals surface area contributed by atoms with E-state index < -0.39 is 18.0 Å². The molecule has 0 fully saturated rings. The van der Waals surface area contributed by atoms with E-state index in [2.05, 4.69) is 0 Å². The van der Waals surface area contributed by atoms with Crippen LogP contribution in [0.1, 0.15) is 20.3 Å². The Bertz CT molecular complexity index is 1090. The molecule has 0 spiro atoms. The summed E-state index contributed by atoms with van der Waals surface area (Å²) in [7, 11) is 0. The second-order valence-electron chi connectivity index (χ2n) is 7.45. The van der Waals surface area contributed by atoms with E-state index in [-0.39, 0.29) is 31.4 Å². The molecule has 0 aliphatic carbocycles. The minimum Gasteiger partial charge on any atom is -0.463 e. The molecular weight excluding hydrogens is 479 g/mol. The number of rotatable bonds is 9. The Balaban J connectivity index is 2.29. The molecule has 0 aliphatic heterocycles. The molecule has 0 aromatic heterocycles. The standard InChI is InChI=1S/C28H29O5PS/c1-3-32-26(29)25(20-21-35-28(31)27(30)33-4-2)34(22-14-8-5-9-15-22,23-16-10-6-11-17-23)24-18-12-7-13-19-24/h5-19H,3-4,20-21H2,1-2H3. The number of carbonyl (C=O) groups excluding carboxylic acids is 3. The topological polar surface area (TPSA) is 69.7 Å². The van der Waals surface area contributed by atoms with Crippen molar-refractivity contribution in [3.05, 3.63) is 91.0 Å². The van der Waals surface area contributed by atoms with E-state index in [1.54, 1.807) is 13.8 Å². The van der Waals surface area contributed by atoms with Crippen molar-refractivity contribution >= 4 is 56.9 Å². The van der Waals surface area contributed by atoms with Crippen LogP contribution in [0.25, 0.3) is 0 Å². The second-order valence-corrected chi connectivity index (χ2v) is 11.9. The van der Waals surface area contributed by atoms with Gasteiger partial charge >= 0.3 is 11.9 Å². The van der Waals surface area contributed by atoms with Gasteiger partial charge in [-0.2, -0.15) is 0 Å². The zero-order valence-electron chi connectivity index (χ0n) is 19.9. The van der Waals surface area contributed by atoms with Crippen LogP contribution in [0.4, 0.5) is 0 Å². The number of benzene rings is 3. The quantitative estimate of drug-likeness (QED) is 0.248. The van der Waals surface area contributed by atoms with Gasteiger partial charge in [0.15, 0.2) is 0 Å². The molecule has 0 heterocycles. The first-order valence-corrected chi connectivity index (χ1v) is 14.3. The fourth-order valence-corrected chi connectivity index (χ4v) is 9.27. The smallest absolute Gasteiger partial charge is 0.385 e. The lowest BCUT2D eigenvalue weighted by atomic mass is 10.3. The molecule has 0 N–H and O–H groups in total. The van der Waals surface area contributed by atoms with Gasteiger partial charge in [0.05, 0.1) is 13.2 Å². The summed E-state index contributed by atoms with van der Waals surface area (Å²) in [6.07, 6.45) is 0.279. The third kappa shape index (κ3) is 6.14. The van der Waals surface area contributed by atoms with Crippen LogP contribution >= 0.6 is 18.6 Å². The van der Waals surface area contributed by atoms with Crippen molar-refractivity contribution < 1.29 is 23.9 Å². The number of hydrogen-bond acceptors (Lipinski definition) is 6. The third-order valence-electron chi connectivity index (χ3n) is 5.36. The van der Waals surface area contributed by atoms with Crippen LogP contribution in [-0.4, -0.2) is 41.3 Å². The van der Waals surface area contributed by atoms with Gasteiger partial charge in [-0.3, -0.25) is 4.79 Å². The first-order chi connectivity index (χ1) is 17.1. The summed E-state index contributed by atoms with van der Waals surface area (Å²) in [5.41, 5.74) is 0. The molecule has 0 saturated heterocycles. The zero-order chi connectivity index (χ0) is 25.1. The SMILES string of the molecule is CCOC(=O)C(=O)SCCC(C(=O)OCC)=P(c1ccccc1)(c1ccccc1)c1ccccc1. The van der Waals surface area contributed by atoms with Crippen molar-refractivity contribution in [2.75, 3.05) is 19.0 Å². The molecule has 7 heteroatoms. The lowest BCUT2D eigenvalue weighted by Gasteiger charge is -2.32. The lowest BCUT2D eigenvalue weighted by Crippen LogP contribution is -2.34. The van der Waals surface area contributed by atoms with Crippen molar-refractivity contribution in [1.29, 1.82) is 0 Å². The zero-order valence-corrected chi connectivity index (χ0v) is 21.6. The lowest BCUT2D eigenvalue weighted by molar-refractivity contribution is -0.149. The maximum atomic E-state index is 13.6. The molecule has 0 bridgehead atoms. The first kappa shape index (κ1) is 26.5. The van der Waals surface area contributed by atoms with Gasteiger partial charge in [0.25, 0.3) is 5.12 Å². The van der Waals surface area contributed by atoms with Crippen molar-refractivity contribution in [3.63, 3.8) is 0 Å². The van der Waals surface area contributed by atoms with E-state index in [0.29, 0.717) is 5.29 Å². The predicted molar refractivity (Wildman–Crippen MR) is 146 cm³/mol. The molecule has 0 amide bonds. The fourth-order valence-electron chi connectivity index (χ4n) is 3.98.